The molecule has 5 nitrogen and oxygen atoms in total. The summed E-state index contributed by atoms with van der Waals surface area (Å²) >= 11 is 0. The molecular formula is C19H22FN5. The van der Waals surface area contributed by atoms with Gasteiger partial charge in [-0.2, -0.15) is 0 Å². The fourth-order valence-electron chi connectivity index (χ4n) is 3.70. The van der Waals surface area contributed by atoms with Gasteiger partial charge >= 0.3 is 0 Å². The van der Waals surface area contributed by atoms with E-state index in [0.717, 1.165) is 53.5 Å². The van der Waals surface area contributed by atoms with Gasteiger partial charge < -0.3 is 4.98 Å². The molecule has 0 bridgehead atoms. The number of hydrogen-bond acceptors (Lipinski definition) is 4. The summed E-state index contributed by atoms with van der Waals surface area (Å²) < 4.78 is 13.5. The number of benzene rings is 1. The lowest BCUT2D eigenvalue weighted by Gasteiger charge is -2.33. The molecule has 25 heavy (non-hydrogen) atoms. The first-order valence-corrected chi connectivity index (χ1v) is 8.79. The zero-order valence-electron chi connectivity index (χ0n) is 14.6. The third-order valence-corrected chi connectivity index (χ3v) is 4.76. The summed E-state index contributed by atoms with van der Waals surface area (Å²) in [6.45, 7) is 5.70. The van der Waals surface area contributed by atoms with Gasteiger partial charge in [0.1, 0.15) is 17.5 Å². The smallest absolute Gasteiger partial charge is 0.142 e. The molecule has 1 aromatic carbocycles. The maximum atomic E-state index is 13.5. The molecule has 2 aromatic heterocycles. The summed E-state index contributed by atoms with van der Waals surface area (Å²) in [7, 11) is 0. The van der Waals surface area contributed by atoms with Crippen LogP contribution in [-0.2, 0) is 6.54 Å². The number of piperidine rings is 1. The largest absolute Gasteiger partial charge is 0.341 e. The van der Waals surface area contributed by atoms with Crippen molar-refractivity contribution in [3.05, 3.63) is 53.1 Å². The van der Waals surface area contributed by atoms with Gasteiger partial charge in [0, 0.05) is 11.4 Å². The molecule has 0 spiro atoms. The zero-order chi connectivity index (χ0) is 17.4. The predicted octanol–water partition coefficient (Wildman–Crippen LogP) is 3.84. The Morgan fingerprint density at radius 3 is 2.72 bits per heavy atom. The molecule has 1 saturated heterocycles. The molecule has 3 aromatic rings. The Labute approximate surface area is 146 Å². The lowest BCUT2D eigenvalue weighted by Crippen LogP contribution is -2.34. The molecule has 4 rings (SSSR count). The van der Waals surface area contributed by atoms with Gasteiger partial charge in [0.15, 0.2) is 0 Å². The highest BCUT2D eigenvalue weighted by Crippen LogP contribution is 2.31. The second-order valence-electron chi connectivity index (χ2n) is 6.83. The molecule has 6 heteroatoms. The van der Waals surface area contributed by atoms with Crippen molar-refractivity contribution in [2.45, 2.75) is 45.7 Å². The fraction of sp³-hybridized carbons (Fsp3) is 0.421. The first kappa shape index (κ1) is 16.1. The first-order chi connectivity index (χ1) is 12.1. The topological polar surface area (TPSA) is 57.7 Å². The minimum atomic E-state index is -0.244. The van der Waals surface area contributed by atoms with Gasteiger partial charge in [-0.3, -0.25) is 4.90 Å². The molecule has 0 aliphatic carbocycles. The summed E-state index contributed by atoms with van der Waals surface area (Å²) in [5.74, 6) is 1.52. The molecule has 0 radical (unpaired) electrons. The number of hydrogen-bond donors (Lipinski definition) is 1. The first-order valence-electron chi connectivity index (χ1n) is 8.79. The van der Waals surface area contributed by atoms with Gasteiger partial charge in [0.2, 0.25) is 0 Å². The van der Waals surface area contributed by atoms with Gasteiger partial charge in [0.05, 0.1) is 23.6 Å². The molecule has 1 aliphatic heterocycles. The Balaban J connectivity index is 1.63. The number of nitrogens with zero attached hydrogens (tertiary/aromatic N) is 4. The molecule has 0 unspecified atom stereocenters. The van der Waals surface area contributed by atoms with Crippen molar-refractivity contribution in [1.82, 2.24) is 24.8 Å². The van der Waals surface area contributed by atoms with E-state index in [-0.39, 0.29) is 11.9 Å². The van der Waals surface area contributed by atoms with Gasteiger partial charge in [-0.15, -0.1) is 0 Å². The maximum Gasteiger partial charge on any atom is 0.142 e. The highest BCUT2D eigenvalue weighted by Gasteiger charge is 2.27. The molecule has 130 valence electrons. The maximum absolute atomic E-state index is 13.5. The number of imidazole rings is 1. The Bertz CT molecular complexity index is 884. The molecule has 1 aliphatic rings. The average Bonchev–Trinajstić information content (AvgIpc) is 2.97. The van der Waals surface area contributed by atoms with Gasteiger partial charge in [0.25, 0.3) is 0 Å². The van der Waals surface area contributed by atoms with Crippen LogP contribution in [0, 0.1) is 19.7 Å². The molecule has 1 fully saturated rings. The highest BCUT2D eigenvalue weighted by atomic mass is 19.1. The normalized spacial score (nSPS) is 18.8. The highest BCUT2D eigenvalue weighted by molar-refractivity contribution is 5.75. The van der Waals surface area contributed by atoms with Gasteiger partial charge in [-0.1, -0.05) is 6.42 Å². The Kier molecular flexibility index (Phi) is 4.21. The summed E-state index contributed by atoms with van der Waals surface area (Å²) in [6, 6.07) is 6.87. The van der Waals surface area contributed by atoms with Crippen molar-refractivity contribution in [2.75, 3.05) is 6.54 Å². The van der Waals surface area contributed by atoms with E-state index in [1.54, 1.807) is 6.07 Å². The molecule has 3 heterocycles. The number of likely N-dealkylation sites (tertiary alicyclic amines) is 1. The van der Waals surface area contributed by atoms with Crippen molar-refractivity contribution in [2.24, 2.45) is 0 Å². The van der Waals surface area contributed by atoms with Crippen LogP contribution in [-0.4, -0.2) is 31.4 Å². The molecule has 0 saturated carbocycles. The lowest BCUT2D eigenvalue weighted by molar-refractivity contribution is 0.131. The van der Waals surface area contributed by atoms with E-state index >= 15 is 0 Å². The molecular weight excluding hydrogens is 317 g/mol. The zero-order valence-corrected chi connectivity index (χ0v) is 14.6. The Morgan fingerprint density at radius 1 is 1.12 bits per heavy atom. The monoisotopic (exact) mass is 339 g/mol. The molecule has 1 atom stereocenters. The van der Waals surface area contributed by atoms with Crippen LogP contribution >= 0.6 is 0 Å². The second-order valence-corrected chi connectivity index (χ2v) is 6.83. The lowest BCUT2D eigenvalue weighted by atomic mass is 10.0. The van der Waals surface area contributed by atoms with Crippen molar-refractivity contribution < 1.29 is 4.39 Å². The number of aryl methyl sites for hydroxylation is 2. The van der Waals surface area contributed by atoms with Gasteiger partial charge in [-0.25, -0.2) is 19.3 Å². The number of rotatable bonds is 3. The number of H-pyrrole nitrogens is 1. The van der Waals surface area contributed by atoms with Crippen LogP contribution in [0.2, 0.25) is 0 Å². The van der Waals surface area contributed by atoms with E-state index in [0.29, 0.717) is 6.54 Å². The predicted molar refractivity (Wildman–Crippen MR) is 94.6 cm³/mol. The van der Waals surface area contributed by atoms with E-state index in [1.165, 1.54) is 18.6 Å². The van der Waals surface area contributed by atoms with Crippen molar-refractivity contribution in [3.63, 3.8) is 0 Å². The minimum absolute atomic E-state index is 0.189. The van der Waals surface area contributed by atoms with E-state index in [9.17, 15) is 4.39 Å². The van der Waals surface area contributed by atoms with Crippen molar-refractivity contribution >= 4 is 11.0 Å². The van der Waals surface area contributed by atoms with E-state index in [1.807, 2.05) is 19.9 Å². The summed E-state index contributed by atoms with van der Waals surface area (Å²) in [4.78, 5) is 19.5. The van der Waals surface area contributed by atoms with Crippen molar-refractivity contribution in [3.8, 4) is 0 Å². The minimum Gasteiger partial charge on any atom is -0.341 e. The van der Waals surface area contributed by atoms with E-state index < -0.39 is 0 Å². The average molecular weight is 339 g/mol. The fourth-order valence-corrected chi connectivity index (χ4v) is 3.70. The standard InChI is InChI=1S/C19H22FN5/c1-12-9-13(2)22-18(21-12)11-25-8-4-3-5-17(25)19-23-15-7-6-14(20)10-16(15)24-19/h6-7,9-10,17H,3-5,8,11H2,1-2H3,(H,23,24)/t17-/m1/s1. The number of fused-ring (bicyclic) bond motifs is 1. The van der Waals surface area contributed by atoms with Crippen LogP contribution in [0.25, 0.3) is 11.0 Å². The van der Waals surface area contributed by atoms with Crippen LogP contribution in [0.1, 0.15) is 48.3 Å². The van der Waals surface area contributed by atoms with Crippen molar-refractivity contribution in [1.29, 1.82) is 0 Å². The Hall–Kier alpha value is -2.34. The second kappa shape index (κ2) is 6.52. The summed E-state index contributed by atoms with van der Waals surface area (Å²) in [5.41, 5.74) is 3.55. The van der Waals surface area contributed by atoms with E-state index in [2.05, 4.69) is 19.9 Å². The summed E-state index contributed by atoms with van der Waals surface area (Å²) in [6.07, 6.45) is 3.36. The molecule has 0 amide bonds. The quantitative estimate of drug-likeness (QED) is 0.788. The van der Waals surface area contributed by atoms with Crippen LogP contribution in [0.3, 0.4) is 0 Å². The van der Waals surface area contributed by atoms with Crippen LogP contribution in [0.4, 0.5) is 4.39 Å². The number of halogens is 1. The van der Waals surface area contributed by atoms with E-state index in [4.69, 9.17) is 4.98 Å². The number of aromatic nitrogens is 4. The van der Waals surface area contributed by atoms with Crippen LogP contribution < -0.4 is 0 Å². The van der Waals surface area contributed by atoms with Crippen LogP contribution in [0.15, 0.2) is 24.3 Å². The summed E-state index contributed by atoms with van der Waals surface area (Å²) in [5, 5.41) is 0. The van der Waals surface area contributed by atoms with Gasteiger partial charge in [-0.05, 0) is 57.5 Å². The third-order valence-electron chi connectivity index (χ3n) is 4.76. The number of aromatic amines is 1. The third kappa shape index (κ3) is 3.39. The number of nitrogens with one attached hydrogen (secondary N) is 1. The SMILES string of the molecule is Cc1cc(C)nc(CN2CCCC[C@@H]2c2nc3ccc(F)cc3[nH]2)n1. The molecule has 1 N–H and O–H groups in total. The van der Waals surface area contributed by atoms with Crippen LogP contribution in [0.5, 0.6) is 0 Å². The Morgan fingerprint density at radius 2 is 1.92 bits per heavy atom.